The molecule has 0 aliphatic rings. The molecule has 0 unspecified atom stereocenters. The first-order valence-corrected chi connectivity index (χ1v) is 6.92. The number of nitrogen functional groups attached to an aromatic ring is 1. The van der Waals surface area contributed by atoms with E-state index in [9.17, 15) is 4.39 Å². The third kappa shape index (κ3) is 2.42. The van der Waals surface area contributed by atoms with Crippen molar-refractivity contribution >= 4 is 17.0 Å². The fourth-order valence-corrected chi connectivity index (χ4v) is 2.76. The predicted octanol–water partition coefficient (Wildman–Crippen LogP) is 3.42. The summed E-state index contributed by atoms with van der Waals surface area (Å²) in [6, 6.07) is 6.34. The van der Waals surface area contributed by atoms with E-state index in [1.165, 1.54) is 23.5 Å². The van der Waals surface area contributed by atoms with Crippen molar-refractivity contribution in [2.75, 3.05) is 5.73 Å². The third-order valence-corrected chi connectivity index (χ3v) is 4.04. The standard InChI is InChI=1S/C14H12FN3OS/c1-8-7-20-13(12(8)16)14-17-11(18-19-14)6-9-3-2-4-10(15)5-9/h2-5,7H,6,16H2,1H3. The lowest BCUT2D eigenvalue weighted by molar-refractivity contribution is 0.425. The summed E-state index contributed by atoms with van der Waals surface area (Å²) in [6.45, 7) is 1.93. The molecule has 2 aromatic heterocycles. The summed E-state index contributed by atoms with van der Waals surface area (Å²) in [5.41, 5.74) is 8.41. The Balaban J connectivity index is 1.85. The van der Waals surface area contributed by atoms with Crippen molar-refractivity contribution in [2.24, 2.45) is 0 Å². The second kappa shape index (κ2) is 5.05. The molecule has 6 heteroatoms. The van der Waals surface area contributed by atoms with Crippen LogP contribution in [0.2, 0.25) is 0 Å². The Morgan fingerprint density at radius 1 is 1.40 bits per heavy atom. The summed E-state index contributed by atoms with van der Waals surface area (Å²) in [5.74, 6) is 0.646. The summed E-state index contributed by atoms with van der Waals surface area (Å²) in [4.78, 5) is 5.09. The van der Waals surface area contributed by atoms with Gasteiger partial charge in [-0.2, -0.15) is 4.98 Å². The van der Waals surface area contributed by atoms with Gasteiger partial charge in [-0.1, -0.05) is 17.3 Å². The second-order valence-corrected chi connectivity index (χ2v) is 5.36. The van der Waals surface area contributed by atoms with Gasteiger partial charge in [0.05, 0.1) is 5.69 Å². The molecule has 0 amide bonds. The van der Waals surface area contributed by atoms with Crippen LogP contribution in [0, 0.1) is 12.7 Å². The second-order valence-electron chi connectivity index (χ2n) is 4.48. The van der Waals surface area contributed by atoms with Crippen molar-refractivity contribution in [3.05, 3.63) is 52.4 Å². The van der Waals surface area contributed by atoms with Gasteiger partial charge in [0.1, 0.15) is 10.7 Å². The first-order chi connectivity index (χ1) is 9.63. The Morgan fingerprint density at radius 3 is 2.95 bits per heavy atom. The third-order valence-electron chi connectivity index (χ3n) is 2.94. The average molecular weight is 289 g/mol. The first kappa shape index (κ1) is 12.8. The molecular weight excluding hydrogens is 277 g/mol. The number of rotatable bonds is 3. The number of halogens is 1. The fraction of sp³-hybridized carbons (Fsp3) is 0.143. The molecule has 3 aromatic rings. The Morgan fingerprint density at radius 2 is 2.25 bits per heavy atom. The lowest BCUT2D eigenvalue weighted by atomic mass is 10.1. The number of nitrogens with two attached hydrogens (primary N) is 1. The van der Waals surface area contributed by atoms with Gasteiger partial charge >= 0.3 is 0 Å². The zero-order valence-electron chi connectivity index (χ0n) is 10.8. The Bertz CT molecular complexity index is 750. The van der Waals surface area contributed by atoms with E-state index in [0.29, 0.717) is 23.8 Å². The van der Waals surface area contributed by atoms with E-state index in [2.05, 4.69) is 10.1 Å². The topological polar surface area (TPSA) is 64.9 Å². The van der Waals surface area contributed by atoms with E-state index in [4.69, 9.17) is 10.3 Å². The molecule has 102 valence electrons. The lowest BCUT2D eigenvalue weighted by Crippen LogP contribution is -1.92. The fourth-order valence-electron chi connectivity index (χ4n) is 1.87. The smallest absolute Gasteiger partial charge is 0.270 e. The van der Waals surface area contributed by atoms with Gasteiger partial charge in [0.15, 0.2) is 5.82 Å². The molecule has 3 rings (SSSR count). The number of nitrogens with zero attached hydrogens (tertiary/aromatic N) is 2. The van der Waals surface area contributed by atoms with Crippen molar-refractivity contribution in [1.82, 2.24) is 10.1 Å². The minimum atomic E-state index is -0.274. The summed E-state index contributed by atoms with van der Waals surface area (Å²) in [7, 11) is 0. The van der Waals surface area contributed by atoms with Crippen LogP contribution >= 0.6 is 11.3 Å². The maximum atomic E-state index is 13.1. The molecule has 0 fully saturated rings. The largest absolute Gasteiger partial charge is 0.397 e. The number of anilines is 1. The minimum Gasteiger partial charge on any atom is -0.397 e. The van der Waals surface area contributed by atoms with Gasteiger partial charge in [-0.05, 0) is 35.6 Å². The van der Waals surface area contributed by atoms with Gasteiger partial charge in [0.2, 0.25) is 0 Å². The number of thiophene rings is 1. The van der Waals surface area contributed by atoms with Gasteiger partial charge in [-0.3, -0.25) is 0 Å². The molecule has 4 nitrogen and oxygen atoms in total. The van der Waals surface area contributed by atoms with Gasteiger partial charge < -0.3 is 10.3 Å². The quantitative estimate of drug-likeness (QED) is 0.802. The molecule has 0 radical (unpaired) electrons. The molecule has 20 heavy (non-hydrogen) atoms. The Kier molecular flexibility index (Phi) is 3.23. The number of aromatic nitrogens is 2. The van der Waals surface area contributed by atoms with Crippen molar-refractivity contribution < 1.29 is 8.91 Å². The highest BCUT2D eigenvalue weighted by molar-refractivity contribution is 7.14. The van der Waals surface area contributed by atoms with E-state index in [1.807, 2.05) is 18.4 Å². The molecule has 0 bridgehead atoms. The van der Waals surface area contributed by atoms with Gasteiger partial charge in [-0.25, -0.2) is 4.39 Å². The van der Waals surface area contributed by atoms with E-state index >= 15 is 0 Å². The molecular formula is C14H12FN3OS. The monoisotopic (exact) mass is 289 g/mol. The highest BCUT2D eigenvalue weighted by atomic mass is 32.1. The zero-order valence-corrected chi connectivity index (χ0v) is 11.6. The summed E-state index contributed by atoms with van der Waals surface area (Å²) in [6.07, 6.45) is 0.422. The minimum absolute atomic E-state index is 0.274. The number of hydrogen-bond donors (Lipinski definition) is 1. The van der Waals surface area contributed by atoms with Crippen LogP contribution in [0.15, 0.2) is 34.2 Å². The molecule has 0 aliphatic heterocycles. The van der Waals surface area contributed by atoms with Crippen molar-refractivity contribution in [3.63, 3.8) is 0 Å². The van der Waals surface area contributed by atoms with Crippen LogP contribution in [0.4, 0.5) is 10.1 Å². The molecule has 2 heterocycles. The van der Waals surface area contributed by atoms with Crippen LogP contribution in [0.25, 0.3) is 10.8 Å². The highest BCUT2D eigenvalue weighted by Gasteiger charge is 2.15. The van der Waals surface area contributed by atoms with E-state index in [-0.39, 0.29) is 5.82 Å². The van der Waals surface area contributed by atoms with Crippen LogP contribution in [0.1, 0.15) is 17.0 Å². The SMILES string of the molecule is Cc1csc(-c2nc(Cc3cccc(F)c3)no2)c1N. The maximum absolute atomic E-state index is 13.1. The number of benzene rings is 1. The van der Waals surface area contributed by atoms with E-state index < -0.39 is 0 Å². The Hall–Kier alpha value is -2.21. The zero-order chi connectivity index (χ0) is 14.1. The average Bonchev–Trinajstić information content (AvgIpc) is 2.98. The van der Waals surface area contributed by atoms with Crippen molar-refractivity contribution in [3.8, 4) is 10.8 Å². The van der Waals surface area contributed by atoms with Crippen LogP contribution in [-0.2, 0) is 6.42 Å². The molecule has 2 N–H and O–H groups in total. The predicted molar refractivity (Wildman–Crippen MR) is 76.0 cm³/mol. The van der Waals surface area contributed by atoms with Crippen LogP contribution in [0.5, 0.6) is 0 Å². The molecule has 0 atom stereocenters. The van der Waals surface area contributed by atoms with Gasteiger partial charge in [0.25, 0.3) is 5.89 Å². The molecule has 0 saturated carbocycles. The van der Waals surface area contributed by atoms with Crippen LogP contribution in [-0.4, -0.2) is 10.1 Å². The highest BCUT2D eigenvalue weighted by Crippen LogP contribution is 2.33. The normalized spacial score (nSPS) is 10.9. The van der Waals surface area contributed by atoms with E-state index in [0.717, 1.165) is 16.0 Å². The summed E-state index contributed by atoms with van der Waals surface area (Å²) < 4.78 is 18.3. The van der Waals surface area contributed by atoms with Gasteiger partial charge in [-0.15, -0.1) is 11.3 Å². The number of hydrogen-bond acceptors (Lipinski definition) is 5. The summed E-state index contributed by atoms with van der Waals surface area (Å²) in [5, 5.41) is 5.86. The van der Waals surface area contributed by atoms with Crippen molar-refractivity contribution in [1.29, 1.82) is 0 Å². The van der Waals surface area contributed by atoms with Crippen LogP contribution < -0.4 is 5.73 Å². The molecule has 0 saturated heterocycles. The van der Waals surface area contributed by atoms with Crippen LogP contribution in [0.3, 0.4) is 0 Å². The first-order valence-electron chi connectivity index (χ1n) is 6.04. The number of aryl methyl sites for hydroxylation is 1. The maximum Gasteiger partial charge on any atom is 0.270 e. The molecule has 0 spiro atoms. The molecule has 1 aromatic carbocycles. The summed E-state index contributed by atoms with van der Waals surface area (Å²) >= 11 is 1.47. The van der Waals surface area contributed by atoms with Gasteiger partial charge in [0, 0.05) is 6.42 Å². The van der Waals surface area contributed by atoms with Crippen molar-refractivity contribution in [2.45, 2.75) is 13.3 Å². The van der Waals surface area contributed by atoms with E-state index in [1.54, 1.807) is 6.07 Å². The Labute approximate surface area is 119 Å². The lowest BCUT2D eigenvalue weighted by Gasteiger charge is -1.96. The molecule has 0 aliphatic carbocycles.